The second-order valence-electron chi connectivity index (χ2n) is 7.27. The van der Waals surface area contributed by atoms with Crippen molar-refractivity contribution in [2.75, 3.05) is 13.2 Å². The van der Waals surface area contributed by atoms with Crippen molar-refractivity contribution in [3.63, 3.8) is 0 Å². The zero-order valence-corrected chi connectivity index (χ0v) is 18.0. The molecule has 0 aromatic rings. The number of amides is 4. The van der Waals surface area contributed by atoms with E-state index in [1.165, 1.54) is 0 Å². The van der Waals surface area contributed by atoms with Crippen LogP contribution in [0.15, 0.2) is 0 Å². The number of carbonyl (C=O) groups is 5. The SMILES string of the molecule is CC(O)C(NC(=O)C(CO)NC(=O)C(CCCCN)NC(=O)C(N)CCC(N)=O)C(=O)O. The predicted octanol–water partition coefficient (Wildman–Crippen LogP) is -4.38. The highest BCUT2D eigenvalue weighted by atomic mass is 16.4. The summed E-state index contributed by atoms with van der Waals surface area (Å²) in [6.07, 6.45) is -0.453. The molecule has 184 valence electrons. The molecular weight excluding hydrogens is 428 g/mol. The Morgan fingerprint density at radius 1 is 0.906 bits per heavy atom. The Kier molecular flexibility index (Phi) is 13.7. The average Bonchev–Trinajstić information content (AvgIpc) is 2.72. The molecule has 0 saturated heterocycles. The minimum absolute atomic E-state index is 0.0318. The van der Waals surface area contributed by atoms with Gasteiger partial charge in [-0.05, 0) is 39.2 Å². The van der Waals surface area contributed by atoms with Gasteiger partial charge in [0.2, 0.25) is 23.6 Å². The monoisotopic (exact) mass is 462 g/mol. The molecule has 0 spiro atoms. The Hall–Kier alpha value is -2.81. The Balaban J connectivity index is 5.22. The van der Waals surface area contributed by atoms with Crippen molar-refractivity contribution in [1.82, 2.24) is 16.0 Å². The number of unbranched alkanes of at least 4 members (excludes halogenated alkanes) is 1. The fraction of sp³-hybridized carbons (Fsp3) is 0.722. The Bertz CT molecular complexity index is 659. The molecule has 0 aromatic carbocycles. The molecule has 12 N–H and O–H groups in total. The van der Waals surface area contributed by atoms with Crippen molar-refractivity contribution in [3.05, 3.63) is 0 Å². The Morgan fingerprint density at radius 2 is 1.47 bits per heavy atom. The molecule has 0 fully saturated rings. The van der Waals surface area contributed by atoms with Gasteiger partial charge in [0.1, 0.15) is 12.1 Å². The van der Waals surface area contributed by atoms with Gasteiger partial charge in [-0.3, -0.25) is 19.2 Å². The Morgan fingerprint density at radius 3 is 1.94 bits per heavy atom. The maximum absolute atomic E-state index is 12.7. The molecule has 0 aliphatic rings. The smallest absolute Gasteiger partial charge is 0.328 e. The van der Waals surface area contributed by atoms with Crippen LogP contribution in [0.2, 0.25) is 0 Å². The van der Waals surface area contributed by atoms with E-state index < -0.39 is 66.5 Å². The molecule has 0 rings (SSSR count). The van der Waals surface area contributed by atoms with Gasteiger partial charge in [0.05, 0.1) is 18.8 Å². The molecule has 0 saturated carbocycles. The summed E-state index contributed by atoms with van der Waals surface area (Å²) < 4.78 is 0. The minimum atomic E-state index is -1.66. The van der Waals surface area contributed by atoms with Crippen molar-refractivity contribution in [3.8, 4) is 0 Å². The molecule has 14 nitrogen and oxygen atoms in total. The highest BCUT2D eigenvalue weighted by Gasteiger charge is 2.31. The molecule has 4 amide bonds. The fourth-order valence-corrected chi connectivity index (χ4v) is 2.58. The molecule has 14 heteroatoms. The summed E-state index contributed by atoms with van der Waals surface area (Å²) in [6, 6.07) is -5.44. The normalized spacial score (nSPS) is 15.5. The average molecular weight is 463 g/mol. The number of hydrogen-bond acceptors (Lipinski definition) is 9. The number of carboxylic acid groups (broad SMARTS) is 1. The molecular formula is C18H34N6O8. The van der Waals surface area contributed by atoms with E-state index in [2.05, 4.69) is 10.6 Å². The zero-order valence-electron chi connectivity index (χ0n) is 18.0. The number of carboxylic acids is 1. The zero-order chi connectivity index (χ0) is 24.8. The third-order valence-electron chi connectivity index (χ3n) is 4.48. The van der Waals surface area contributed by atoms with Gasteiger partial charge >= 0.3 is 5.97 Å². The summed E-state index contributed by atoms with van der Waals surface area (Å²) in [6.45, 7) is 0.624. The highest BCUT2D eigenvalue weighted by Crippen LogP contribution is 2.04. The fourth-order valence-electron chi connectivity index (χ4n) is 2.58. The molecule has 0 aliphatic carbocycles. The first-order chi connectivity index (χ1) is 14.9. The first-order valence-corrected chi connectivity index (χ1v) is 10.1. The lowest BCUT2D eigenvalue weighted by atomic mass is 10.1. The van der Waals surface area contributed by atoms with Crippen molar-refractivity contribution in [2.24, 2.45) is 17.2 Å². The summed E-state index contributed by atoms with van der Waals surface area (Å²) in [4.78, 5) is 59.2. The van der Waals surface area contributed by atoms with E-state index in [4.69, 9.17) is 22.3 Å². The van der Waals surface area contributed by atoms with Gasteiger partial charge in [-0.1, -0.05) is 0 Å². The first kappa shape index (κ1) is 29.2. The minimum Gasteiger partial charge on any atom is -0.480 e. The third kappa shape index (κ3) is 11.0. The van der Waals surface area contributed by atoms with E-state index in [1.807, 2.05) is 5.32 Å². The van der Waals surface area contributed by atoms with Crippen molar-refractivity contribution < 1.29 is 39.3 Å². The van der Waals surface area contributed by atoms with Gasteiger partial charge < -0.3 is 48.5 Å². The highest BCUT2D eigenvalue weighted by molar-refractivity contribution is 5.94. The van der Waals surface area contributed by atoms with Crippen molar-refractivity contribution in [2.45, 2.75) is 69.3 Å². The molecule has 32 heavy (non-hydrogen) atoms. The number of carbonyl (C=O) groups excluding carboxylic acids is 4. The van der Waals surface area contributed by atoms with E-state index in [9.17, 15) is 34.2 Å². The standard InChI is InChI=1S/C18H34N6O8/c1-9(26)14(18(31)32)24-17(30)12(8-25)23-16(29)11(4-2-3-7-19)22-15(28)10(20)5-6-13(21)27/h9-12,14,25-26H,2-8,19-20H2,1H3,(H2,21,27)(H,22,28)(H,23,29)(H,24,30)(H,31,32). The number of nitrogens with two attached hydrogens (primary N) is 3. The summed E-state index contributed by atoms with van der Waals surface area (Å²) in [5.74, 6) is -4.73. The molecule has 5 atom stereocenters. The molecule has 0 bridgehead atoms. The van der Waals surface area contributed by atoms with Crippen LogP contribution < -0.4 is 33.2 Å². The number of aliphatic hydroxyl groups is 2. The number of aliphatic hydroxyl groups excluding tert-OH is 2. The Labute approximate surface area is 185 Å². The second kappa shape index (κ2) is 15.1. The maximum atomic E-state index is 12.7. The summed E-state index contributed by atoms with van der Waals surface area (Å²) >= 11 is 0. The van der Waals surface area contributed by atoms with Crippen LogP contribution in [0.5, 0.6) is 0 Å². The van der Waals surface area contributed by atoms with Gasteiger partial charge in [-0.2, -0.15) is 0 Å². The van der Waals surface area contributed by atoms with Crippen LogP contribution in [0.1, 0.15) is 39.0 Å². The van der Waals surface area contributed by atoms with Gasteiger partial charge in [-0.25, -0.2) is 4.79 Å². The van der Waals surface area contributed by atoms with Crippen LogP contribution in [-0.2, 0) is 24.0 Å². The molecule has 0 aliphatic heterocycles. The largest absolute Gasteiger partial charge is 0.480 e. The van der Waals surface area contributed by atoms with E-state index in [0.717, 1.165) is 6.92 Å². The van der Waals surface area contributed by atoms with E-state index in [0.29, 0.717) is 19.4 Å². The second-order valence-corrected chi connectivity index (χ2v) is 7.27. The lowest BCUT2D eigenvalue weighted by molar-refractivity contribution is -0.145. The van der Waals surface area contributed by atoms with E-state index in [1.54, 1.807) is 0 Å². The first-order valence-electron chi connectivity index (χ1n) is 10.1. The molecule has 0 radical (unpaired) electrons. The van der Waals surface area contributed by atoms with E-state index in [-0.39, 0.29) is 19.3 Å². The molecule has 0 aromatic heterocycles. The summed E-state index contributed by atoms with van der Waals surface area (Å²) in [7, 11) is 0. The van der Waals surface area contributed by atoms with Crippen LogP contribution in [0.25, 0.3) is 0 Å². The maximum Gasteiger partial charge on any atom is 0.328 e. The topological polar surface area (TPSA) is 260 Å². The number of primary amides is 1. The van der Waals surface area contributed by atoms with Crippen LogP contribution in [0, 0.1) is 0 Å². The predicted molar refractivity (Wildman–Crippen MR) is 112 cm³/mol. The van der Waals surface area contributed by atoms with Gasteiger partial charge in [0.15, 0.2) is 6.04 Å². The number of hydrogen-bond donors (Lipinski definition) is 9. The molecule has 5 unspecified atom stereocenters. The van der Waals surface area contributed by atoms with Crippen LogP contribution in [-0.4, -0.2) is 88.3 Å². The van der Waals surface area contributed by atoms with Gasteiger partial charge in [-0.15, -0.1) is 0 Å². The number of nitrogens with one attached hydrogen (secondary N) is 3. The third-order valence-corrected chi connectivity index (χ3v) is 4.48. The van der Waals surface area contributed by atoms with Gasteiger partial charge in [0.25, 0.3) is 0 Å². The number of aliphatic carboxylic acids is 1. The lowest BCUT2D eigenvalue weighted by Gasteiger charge is -2.25. The quantitative estimate of drug-likeness (QED) is 0.0994. The van der Waals surface area contributed by atoms with E-state index >= 15 is 0 Å². The molecule has 0 heterocycles. The lowest BCUT2D eigenvalue weighted by Crippen LogP contribution is -2.59. The van der Waals surface area contributed by atoms with Crippen molar-refractivity contribution >= 4 is 29.6 Å². The van der Waals surface area contributed by atoms with Gasteiger partial charge in [0, 0.05) is 6.42 Å². The summed E-state index contributed by atoms with van der Waals surface area (Å²) in [5, 5.41) is 34.7. The van der Waals surface area contributed by atoms with Crippen LogP contribution >= 0.6 is 0 Å². The van der Waals surface area contributed by atoms with Crippen LogP contribution in [0.3, 0.4) is 0 Å². The van der Waals surface area contributed by atoms with Crippen LogP contribution in [0.4, 0.5) is 0 Å². The number of rotatable bonds is 16. The summed E-state index contributed by atoms with van der Waals surface area (Å²) in [5.41, 5.74) is 16.2. The van der Waals surface area contributed by atoms with Crippen molar-refractivity contribution in [1.29, 1.82) is 0 Å².